The Morgan fingerprint density at radius 3 is 2.95 bits per heavy atom. The predicted octanol–water partition coefficient (Wildman–Crippen LogP) is 4.22. The molecule has 0 fully saturated rings. The summed E-state index contributed by atoms with van der Waals surface area (Å²) in [7, 11) is 0. The number of carbonyl (C=O) groups excluding carboxylic acids is 1. The van der Waals surface area contributed by atoms with Gasteiger partial charge in [-0.15, -0.1) is 0 Å². The van der Waals surface area contributed by atoms with Gasteiger partial charge in [-0.2, -0.15) is 10.2 Å². The van der Waals surface area contributed by atoms with Crippen LogP contribution in [0, 0.1) is 0 Å². The lowest BCUT2D eigenvalue weighted by atomic mass is 10.1. The fourth-order valence-corrected chi connectivity index (χ4v) is 2.75. The molecule has 0 radical (unpaired) electrons. The predicted molar refractivity (Wildman–Crippen MR) is 88.0 cm³/mol. The van der Waals surface area contributed by atoms with Crippen molar-refractivity contribution in [3.63, 3.8) is 0 Å². The zero-order valence-electron chi connectivity index (χ0n) is 11.6. The largest absolute Gasteiger partial charge is 0.461 e. The Kier molecular flexibility index (Phi) is 4.13. The lowest BCUT2D eigenvalue weighted by Crippen LogP contribution is -2.06. The van der Waals surface area contributed by atoms with Crippen molar-refractivity contribution in [2.45, 2.75) is 6.92 Å². The number of ether oxygens (including phenoxy) is 1. The van der Waals surface area contributed by atoms with Gasteiger partial charge in [-0.05, 0) is 47.1 Å². The Balaban J connectivity index is 2.32. The third-order valence-corrected chi connectivity index (χ3v) is 4.34. The number of nitrogens with one attached hydrogen (secondary N) is 1. The number of esters is 1. The minimum Gasteiger partial charge on any atom is -0.461 e. The topological polar surface area (TPSA) is 67.9 Å². The monoisotopic (exact) mass is 379 g/mol. The Morgan fingerprint density at radius 1 is 1.45 bits per heavy atom. The van der Waals surface area contributed by atoms with Crippen LogP contribution in [0.2, 0.25) is 5.02 Å². The van der Waals surface area contributed by atoms with Gasteiger partial charge >= 0.3 is 5.97 Å². The van der Waals surface area contributed by atoms with Crippen LogP contribution in [0.3, 0.4) is 0 Å². The molecule has 0 saturated heterocycles. The molecule has 0 bridgehead atoms. The van der Waals surface area contributed by atoms with E-state index in [1.165, 1.54) is 0 Å². The molecule has 2 heterocycles. The summed E-state index contributed by atoms with van der Waals surface area (Å²) >= 11 is 9.56. The van der Waals surface area contributed by atoms with Crippen molar-refractivity contribution in [2.75, 3.05) is 6.61 Å². The summed E-state index contributed by atoms with van der Waals surface area (Å²) in [6, 6.07) is 7.15. The Morgan fingerprint density at radius 2 is 2.27 bits per heavy atom. The molecule has 0 unspecified atom stereocenters. The summed E-state index contributed by atoms with van der Waals surface area (Å²) in [6.45, 7) is 2.05. The second-order valence-electron chi connectivity index (χ2n) is 4.52. The van der Waals surface area contributed by atoms with E-state index in [0.717, 1.165) is 15.4 Å². The zero-order valence-corrected chi connectivity index (χ0v) is 13.9. The van der Waals surface area contributed by atoms with Crippen molar-refractivity contribution >= 4 is 44.4 Å². The lowest BCUT2D eigenvalue weighted by Gasteiger charge is -2.03. The summed E-state index contributed by atoms with van der Waals surface area (Å²) in [5, 5.41) is 9.31. The van der Waals surface area contributed by atoms with E-state index in [4.69, 9.17) is 16.3 Å². The molecule has 3 aromatic rings. The van der Waals surface area contributed by atoms with Crippen LogP contribution in [0.1, 0.15) is 17.4 Å². The Labute approximate surface area is 139 Å². The van der Waals surface area contributed by atoms with Gasteiger partial charge in [0.05, 0.1) is 17.3 Å². The van der Waals surface area contributed by atoms with E-state index < -0.39 is 5.97 Å². The first-order valence-corrected chi connectivity index (χ1v) is 7.74. The van der Waals surface area contributed by atoms with Crippen molar-refractivity contribution in [2.24, 2.45) is 0 Å². The van der Waals surface area contributed by atoms with Crippen LogP contribution in [0.25, 0.3) is 22.2 Å². The van der Waals surface area contributed by atoms with Gasteiger partial charge < -0.3 is 9.72 Å². The normalized spacial score (nSPS) is 10.9. The molecule has 22 heavy (non-hydrogen) atoms. The van der Waals surface area contributed by atoms with Crippen molar-refractivity contribution in [1.29, 1.82) is 0 Å². The van der Waals surface area contributed by atoms with Gasteiger partial charge in [0, 0.05) is 27.1 Å². The number of aromatic nitrogens is 3. The van der Waals surface area contributed by atoms with Crippen LogP contribution in [0.5, 0.6) is 0 Å². The maximum Gasteiger partial charge on any atom is 0.355 e. The highest BCUT2D eigenvalue weighted by atomic mass is 79.9. The Bertz CT molecular complexity index is 849. The molecule has 2 aromatic heterocycles. The number of rotatable bonds is 3. The summed E-state index contributed by atoms with van der Waals surface area (Å²) in [6.07, 6.45) is 1.58. The molecule has 0 amide bonds. The summed E-state index contributed by atoms with van der Waals surface area (Å²) < 4.78 is 5.86. The highest BCUT2D eigenvalue weighted by Gasteiger charge is 2.22. The molecule has 0 aliphatic rings. The fraction of sp³-hybridized carbons (Fsp3) is 0.133. The van der Waals surface area contributed by atoms with Gasteiger partial charge in [0.2, 0.25) is 0 Å². The van der Waals surface area contributed by atoms with E-state index in [1.54, 1.807) is 31.3 Å². The second-order valence-corrected chi connectivity index (χ2v) is 5.78. The SMILES string of the molecule is CCOC(=O)c1[nH]c2cc(Br)c(Cl)cc2c1-c1cccnn1. The number of carbonyl (C=O) groups is 1. The van der Waals surface area contributed by atoms with Crippen molar-refractivity contribution in [1.82, 2.24) is 15.2 Å². The van der Waals surface area contributed by atoms with Crippen molar-refractivity contribution in [3.05, 3.63) is 45.7 Å². The molecule has 0 atom stereocenters. The maximum atomic E-state index is 12.2. The first-order valence-electron chi connectivity index (χ1n) is 6.57. The van der Waals surface area contributed by atoms with Crippen LogP contribution in [-0.2, 0) is 4.74 Å². The van der Waals surface area contributed by atoms with E-state index in [1.807, 2.05) is 6.07 Å². The summed E-state index contributed by atoms with van der Waals surface area (Å²) in [5.74, 6) is -0.438. The minimum atomic E-state index is -0.438. The summed E-state index contributed by atoms with van der Waals surface area (Å²) in [4.78, 5) is 15.3. The Hall–Kier alpha value is -1.92. The van der Waals surface area contributed by atoms with Gasteiger partial charge in [-0.3, -0.25) is 0 Å². The molecular weight excluding hydrogens is 370 g/mol. The van der Waals surface area contributed by atoms with Gasteiger partial charge in [-0.25, -0.2) is 4.79 Å². The molecule has 0 spiro atoms. The first kappa shape index (κ1) is 15.0. The number of fused-ring (bicyclic) bond motifs is 1. The molecule has 3 rings (SSSR count). The third-order valence-electron chi connectivity index (χ3n) is 3.15. The van der Waals surface area contributed by atoms with Crippen LogP contribution >= 0.6 is 27.5 Å². The van der Waals surface area contributed by atoms with Crippen LogP contribution in [0.15, 0.2) is 34.9 Å². The van der Waals surface area contributed by atoms with E-state index in [0.29, 0.717) is 28.6 Å². The zero-order chi connectivity index (χ0) is 15.7. The average molecular weight is 381 g/mol. The smallest absolute Gasteiger partial charge is 0.355 e. The van der Waals surface area contributed by atoms with Gasteiger partial charge in [0.1, 0.15) is 5.69 Å². The third kappa shape index (κ3) is 2.60. The lowest BCUT2D eigenvalue weighted by molar-refractivity contribution is 0.0521. The number of hydrogen-bond acceptors (Lipinski definition) is 4. The van der Waals surface area contributed by atoms with Gasteiger partial charge in [0.15, 0.2) is 0 Å². The van der Waals surface area contributed by atoms with Gasteiger partial charge in [-0.1, -0.05) is 11.6 Å². The quantitative estimate of drug-likeness (QED) is 0.691. The van der Waals surface area contributed by atoms with Crippen molar-refractivity contribution in [3.8, 4) is 11.3 Å². The molecule has 7 heteroatoms. The fourth-order valence-electron chi connectivity index (χ4n) is 2.25. The molecule has 1 aromatic carbocycles. The van der Waals surface area contributed by atoms with Gasteiger partial charge in [0.25, 0.3) is 0 Å². The number of H-pyrrole nitrogens is 1. The average Bonchev–Trinajstić information content (AvgIpc) is 2.87. The minimum absolute atomic E-state index is 0.290. The molecular formula is C15H11BrClN3O2. The van der Waals surface area contributed by atoms with Crippen LogP contribution in [-0.4, -0.2) is 27.8 Å². The molecule has 5 nitrogen and oxygen atoms in total. The summed E-state index contributed by atoms with van der Waals surface area (Å²) in [5.41, 5.74) is 2.32. The number of halogens is 2. The highest BCUT2D eigenvalue weighted by molar-refractivity contribution is 9.10. The molecule has 0 saturated carbocycles. The van der Waals surface area contributed by atoms with E-state index in [9.17, 15) is 4.79 Å². The second kappa shape index (κ2) is 6.06. The van der Waals surface area contributed by atoms with E-state index >= 15 is 0 Å². The number of hydrogen-bond donors (Lipinski definition) is 1. The molecule has 0 aliphatic heterocycles. The van der Waals surface area contributed by atoms with E-state index in [2.05, 4.69) is 31.1 Å². The highest BCUT2D eigenvalue weighted by Crippen LogP contribution is 2.36. The standard InChI is InChI=1S/C15H11BrClN3O2/c1-2-22-15(21)14-13(11-4-3-5-18-20-11)8-6-10(17)9(16)7-12(8)19-14/h3-7,19H,2H2,1H3. The number of nitrogens with zero attached hydrogens (tertiary/aromatic N) is 2. The first-order chi connectivity index (χ1) is 10.6. The maximum absolute atomic E-state index is 12.2. The number of aromatic amines is 1. The van der Waals surface area contributed by atoms with Crippen LogP contribution in [0.4, 0.5) is 0 Å². The molecule has 1 N–H and O–H groups in total. The molecule has 0 aliphatic carbocycles. The molecule has 112 valence electrons. The number of benzene rings is 1. The van der Waals surface area contributed by atoms with Crippen molar-refractivity contribution < 1.29 is 9.53 Å². The van der Waals surface area contributed by atoms with Crippen LogP contribution < -0.4 is 0 Å². The van der Waals surface area contributed by atoms with E-state index in [-0.39, 0.29) is 0 Å².